The number of amides is 1. The standard InChI is InChI=1S/C11H20N2O2/c1-8(2)12(3)6-11(14)13-5-10-4-9(13)7-15-10/h8-10H,4-7H2,1-3H3/t9-,10-/m0/s1. The number of likely N-dealkylation sites (tertiary alicyclic amines) is 1. The van der Waals surface area contributed by atoms with Gasteiger partial charge < -0.3 is 9.64 Å². The maximum Gasteiger partial charge on any atom is 0.237 e. The lowest BCUT2D eigenvalue weighted by molar-refractivity contribution is -0.136. The fourth-order valence-corrected chi connectivity index (χ4v) is 2.19. The van der Waals surface area contributed by atoms with Crippen molar-refractivity contribution in [3.8, 4) is 0 Å². The first kappa shape index (κ1) is 10.9. The van der Waals surface area contributed by atoms with Gasteiger partial charge in [-0.2, -0.15) is 0 Å². The summed E-state index contributed by atoms with van der Waals surface area (Å²) in [6, 6.07) is 0.771. The normalized spacial score (nSPS) is 29.5. The van der Waals surface area contributed by atoms with Crippen LogP contribution < -0.4 is 0 Å². The molecule has 2 aliphatic heterocycles. The van der Waals surface area contributed by atoms with E-state index in [4.69, 9.17) is 4.74 Å². The maximum atomic E-state index is 12.0. The van der Waals surface area contributed by atoms with Gasteiger partial charge in [0.25, 0.3) is 0 Å². The highest BCUT2D eigenvalue weighted by Gasteiger charge is 2.41. The van der Waals surface area contributed by atoms with Crippen LogP contribution in [0.1, 0.15) is 20.3 Å². The molecule has 0 radical (unpaired) electrons. The maximum absolute atomic E-state index is 12.0. The summed E-state index contributed by atoms with van der Waals surface area (Å²) in [5.74, 6) is 0.252. The number of rotatable bonds is 3. The van der Waals surface area contributed by atoms with Gasteiger partial charge in [0.1, 0.15) is 0 Å². The number of fused-ring (bicyclic) bond motifs is 2. The number of carbonyl (C=O) groups excluding carboxylic acids is 1. The van der Waals surface area contributed by atoms with Crippen molar-refractivity contribution in [2.75, 3.05) is 26.7 Å². The van der Waals surface area contributed by atoms with E-state index in [0.717, 1.165) is 19.6 Å². The second kappa shape index (κ2) is 4.10. The molecule has 15 heavy (non-hydrogen) atoms. The molecule has 2 rings (SSSR count). The van der Waals surface area contributed by atoms with E-state index < -0.39 is 0 Å². The highest BCUT2D eigenvalue weighted by atomic mass is 16.5. The quantitative estimate of drug-likeness (QED) is 0.675. The topological polar surface area (TPSA) is 32.8 Å². The second-order valence-corrected chi connectivity index (χ2v) is 4.90. The third-order valence-corrected chi connectivity index (χ3v) is 3.49. The van der Waals surface area contributed by atoms with Gasteiger partial charge in [0.05, 0.1) is 25.3 Å². The van der Waals surface area contributed by atoms with Crippen LogP contribution >= 0.6 is 0 Å². The monoisotopic (exact) mass is 212 g/mol. The molecule has 4 nitrogen and oxygen atoms in total. The van der Waals surface area contributed by atoms with Crippen LogP contribution in [-0.2, 0) is 9.53 Å². The van der Waals surface area contributed by atoms with Crippen molar-refractivity contribution in [3.63, 3.8) is 0 Å². The second-order valence-electron chi connectivity index (χ2n) is 4.90. The smallest absolute Gasteiger partial charge is 0.237 e. The number of nitrogens with zero attached hydrogens (tertiary/aromatic N) is 2. The van der Waals surface area contributed by atoms with Crippen molar-refractivity contribution in [1.29, 1.82) is 0 Å². The SMILES string of the molecule is CC(C)N(C)CC(=O)N1C[C@@H]2C[C@H]1CO2. The zero-order valence-electron chi connectivity index (χ0n) is 9.77. The zero-order valence-corrected chi connectivity index (χ0v) is 9.77. The molecule has 0 aromatic heterocycles. The summed E-state index contributed by atoms with van der Waals surface area (Å²) in [5.41, 5.74) is 0. The largest absolute Gasteiger partial charge is 0.374 e. The molecule has 2 saturated heterocycles. The minimum absolute atomic E-state index is 0.252. The van der Waals surface area contributed by atoms with Crippen LogP contribution in [0.2, 0.25) is 0 Å². The Hall–Kier alpha value is -0.610. The van der Waals surface area contributed by atoms with Crippen LogP contribution in [0.4, 0.5) is 0 Å². The van der Waals surface area contributed by atoms with Crippen molar-refractivity contribution in [2.45, 2.75) is 38.5 Å². The minimum Gasteiger partial charge on any atom is -0.374 e. The highest BCUT2D eigenvalue weighted by molar-refractivity contribution is 5.79. The summed E-state index contributed by atoms with van der Waals surface area (Å²) in [7, 11) is 1.99. The van der Waals surface area contributed by atoms with Crippen molar-refractivity contribution >= 4 is 5.91 Å². The number of carbonyl (C=O) groups is 1. The van der Waals surface area contributed by atoms with Crippen molar-refractivity contribution in [3.05, 3.63) is 0 Å². The Morgan fingerprint density at radius 2 is 2.33 bits per heavy atom. The summed E-state index contributed by atoms with van der Waals surface area (Å²) in [6.07, 6.45) is 1.35. The fraction of sp³-hybridized carbons (Fsp3) is 0.909. The lowest BCUT2D eigenvalue weighted by Crippen LogP contribution is -2.46. The van der Waals surface area contributed by atoms with Gasteiger partial charge in [-0.3, -0.25) is 9.69 Å². The Bertz CT molecular complexity index is 255. The molecule has 0 saturated carbocycles. The van der Waals surface area contributed by atoms with Crippen LogP contribution in [0.25, 0.3) is 0 Å². The van der Waals surface area contributed by atoms with E-state index in [9.17, 15) is 4.79 Å². The fourth-order valence-electron chi connectivity index (χ4n) is 2.19. The molecule has 86 valence electrons. The molecule has 0 N–H and O–H groups in total. The molecule has 2 heterocycles. The number of hydrogen-bond donors (Lipinski definition) is 0. The van der Waals surface area contributed by atoms with E-state index in [1.807, 2.05) is 11.9 Å². The first-order valence-electron chi connectivity index (χ1n) is 5.69. The number of ether oxygens (including phenoxy) is 1. The van der Waals surface area contributed by atoms with Crippen LogP contribution in [0.5, 0.6) is 0 Å². The zero-order chi connectivity index (χ0) is 11.0. The Morgan fingerprint density at radius 3 is 2.80 bits per heavy atom. The Labute approximate surface area is 91.2 Å². The molecule has 0 unspecified atom stereocenters. The Morgan fingerprint density at radius 1 is 1.60 bits per heavy atom. The lowest BCUT2D eigenvalue weighted by atomic mass is 10.2. The summed E-state index contributed by atoms with van der Waals surface area (Å²) in [4.78, 5) is 16.1. The van der Waals surface area contributed by atoms with Gasteiger partial charge in [0, 0.05) is 12.6 Å². The van der Waals surface area contributed by atoms with E-state index in [1.54, 1.807) is 0 Å². The number of morpholine rings is 1. The van der Waals surface area contributed by atoms with E-state index in [0.29, 0.717) is 24.7 Å². The third-order valence-electron chi connectivity index (χ3n) is 3.49. The van der Waals surface area contributed by atoms with Crippen molar-refractivity contribution < 1.29 is 9.53 Å². The highest BCUT2D eigenvalue weighted by Crippen LogP contribution is 2.27. The molecule has 0 aliphatic carbocycles. The van der Waals surface area contributed by atoms with E-state index in [2.05, 4.69) is 18.7 Å². The molecular weight excluding hydrogens is 192 g/mol. The molecule has 0 aromatic carbocycles. The summed E-state index contributed by atoms with van der Waals surface area (Å²) >= 11 is 0. The Balaban J connectivity index is 1.86. The minimum atomic E-state index is 0.252. The number of hydrogen-bond acceptors (Lipinski definition) is 3. The first-order valence-corrected chi connectivity index (χ1v) is 5.69. The molecule has 4 heteroatoms. The van der Waals surface area contributed by atoms with Crippen LogP contribution in [0.3, 0.4) is 0 Å². The average molecular weight is 212 g/mol. The molecule has 2 aliphatic rings. The molecule has 0 spiro atoms. The van der Waals surface area contributed by atoms with Crippen molar-refractivity contribution in [1.82, 2.24) is 9.80 Å². The van der Waals surface area contributed by atoms with E-state index in [-0.39, 0.29) is 5.91 Å². The van der Waals surface area contributed by atoms with Gasteiger partial charge in [0.2, 0.25) is 5.91 Å². The third kappa shape index (κ3) is 2.16. The molecule has 1 amide bonds. The lowest BCUT2D eigenvalue weighted by Gasteiger charge is -2.29. The molecule has 2 fully saturated rings. The van der Waals surface area contributed by atoms with Crippen LogP contribution in [0.15, 0.2) is 0 Å². The molecule has 2 bridgehead atoms. The molecular formula is C11H20N2O2. The summed E-state index contributed by atoms with van der Waals surface area (Å²) < 4.78 is 5.48. The van der Waals surface area contributed by atoms with Gasteiger partial charge in [0.15, 0.2) is 0 Å². The molecule has 0 aromatic rings. The predicted molar refractivity (Wildman–Crippen MR) is 57.6 cm³/mol. The van der Waals surface area contributed by atoms with Gasteiger partial charge in [-0.15, -0.1) is 0 Å². The van der Waals surface area contributed by atoms with Crippen molar-refractivity contribution in [2.24, 2.45) is 0 Å². The first-order chi connectivity index (χ1) is 7.08. The predicted octanol–water partition coefficient (Wildman–Crippen LogP) is 0.326. The van der Waals surface area contributed by atoms with Gasteiger partial charge >= 0.3 is 0 Å². The van der Waals surface area contributed by atoms with Gasteiger partial charge in [-0.25, -0.2) is 0 Å². The van der Waals surface area contributed by atoms with E-state index in [1.165, 1.54) is 0 Å². The van der Waals surface area contributed by atoms with Crippen LogP contribution in [0, 0.1) is 0 Å². The van der Waals surface area contributed by atoms with E-state index >= 15 is 0 Å². The summed E-state index contributed by atoms with van der Waals surface area (Å²) in [6.45, 7) is 6.27. The number of likely N-dealkylation sites (N-methyl/N-ethyl adjacent to an activating group) is 1. The Kier molecular flexibility index (Phi) is 2.98. The van der Waals surface area contributed by atoms with Crippen LogP contribution in [-0.4, -0.2) is 60.6 Å². The summed E-state index contributed by atoms with van der Waals surface area (Å²) in [5, 5.41) is 0. The average Bonchev–Trinajstić information content (AvgIpc) is 2.78. The van der Waals surface area contributed by atoms with Gasteiger partial charge in [-0.05, 0) is 27.3 Å². The van der Waals surface area contributed by atoms with Gasteiger partial charge in [-0.1, -0.05) is 0 Å². The molecule has 2 atom stereocenters.